The van der Waals surface area contributed by atoms with Crippen LogP contribution in [0.4, 0.5) is 34.1 Å². The van der Waals surface area contributed by atoms with Crippen LogP contribution in [-0.4, -0.2) is 25.7 Å². The van der Waals surface area contributed by atoms with Gasteiger partial charge in [0.25, 0.3) is 0 Å². The Hall–Kier alpha value is -5.96. The number of imidazole rings is 1. The van der Waals surface area contributed by atoms with E-state index in [0.29, 0.717) is 12.1 Å². The van der Waals surface area contributed by atoms with E-state index in [2.05, 4.69) is 169 Å². The third-order valence-electron chi connectivity index (χ3n) is 10.2. The minimum absolute atomic E-state index is 0.488. The Bertz CT molecular complexity index is 2630. The molecule has 0 amide bonds. The van der Waals surface area contributed by atoms with Gasteiger partial charge in [-0.2, -0.15) is 0 Å². The Morgan fingerprint density at radius 2 is 0.818 bits per heavy atom. The fourth-order valence-electron chi connectivity index (χ4n) is 7.16. The second-order valence-electron chi connectivity index (χ2n) is 16.1. The molecule has 0 spiro atoms. The van der Waals surface area contributed by atoms with Crippen LogP contribution in [-0.2, 0) is 0 Å². The Labute approximate surface area is 330 Å². The van der Waals surface area contributed by atoms with Gasteiger partial charge in [-0.1, -0.05) is 122 Å². The van der Waals surface area contributed by atoms with Gasteiger partial charge in [-0.15, -0.1) is 0 Å². The summed E-state index contributed by atoms with van der Waals surface area (Å²) in [6.07, 6.45) is 0. The Kier molecular flexibility index (Phi) is 8.98. The molecule has 0 saturated carbocycles. The summed E-state index contributed by atoms with van der Waals surface area (Å²) in [5.41, 5.74) is 10.2. The number of rotatable bonds is 10. The number of hydrogen-bond acceptors (Lipinski definition) is 3. The van der Waals surface area contributed by atoms with E-state index in [-0.39, 0.29) is 0 Å². The van der Waals surface area contributed by atoms with Crippen molar-refractivity contribution >= 4 is 71.7 Å². The molecule has 0 unspecified atom stereocenters. The van der Waals surface area contributed by atoms with Crippen molar-refractivity contribution < 1.29 is 2.74 Å². The van der Waals surface area contributed by atoms with Crippen LogP contribution in [0.15, 0.2) is 182 Å². The van der Waals surface area contributed by atoms with Crippen LogP contribution >= 0.6 is 0 Å². The van der Waals surface area contributed by atoms with Crippen LogP contribution in [0.1, 0.15) is 2.74 Å². The van der Waals surface area contributed by atoms with E-state index in [4.69, 9.17) is 7.73 Å². The van der Waals surface area contributed by atoms with Crippen molar-refractivity contribution in [1.82, 2.24) is 9.55 Å². The standard InChI is InChI=1S/C49H48N4Si2/c1-54(2,3)45-33-29-42(30-34-45)51(38-15-9-7-10-16-38)40-23-21-37(22-24-40)49-50-47-19-13-14-20-48(47)53(49)44-27-25-41(26-28-44)52(39-17-11-8-12-18-39)43-31-35-46(36-32-43)55(4,5)6/h7-36H,1-6H3/i7D,8D. The number of nitrogens with zero attached hydrogens (tertiary/aromatic N) is 4. The van der Waals surface area contributed by atoms with Gasteiger partial charge in [0, 0.05) is 45.4 Å². The molecular formula is C49H48N4Si2. The first-order valence-corrected chi connectivity index (χ1v) is 26.0. The molecule has 0 aliphatic carbocycles. The van der Waals surface area contributed by atoms with Gasteiger partial charge in [-0.3, -0.25) is 4.57 Å². The van der Waals surface area contributed by atoms with Crippen molar-refractivity contribution in [3.05, 3.63) is 182 Å². The van der Waals surface area contributed by atoms with Crippen LogP contribution in [0.3, 0.4) is 0 Å². The highest BCUT2D eigenvalue weighted by atomic mass is 28.3. The molecule has 0 bridgehead atoms. The maximum absolute atomic E-state index is 8.12. The first-order chi connectivity index (χ1) is 27.3. The molecule has 0 radical (unpaired) electrons. The highest BCUT2D eigenvalue weighted by Crippen LogP contribution is 2.38. The second-order valence-corrected chi connectivity index (χ2v) is 26.3. The molecule has 8 rings (SSSR count). The first kappa shape index (κ1) is 33.6. The second kappa shape index (κ2) is 14.7. The Balaban J connectivity index is 1.18. The average molecular weight is 751 g/mol. The smallest absolute Gasteiger partial charge is 0.145 e. The predicted molar refractivity (Wildman–Crippen MR) is 242 cm³/mol. The lowest BCUT2D eigenvalue weighted by Crippen LogP contribution is -2.37. The molecule has 1 aromatic heterocycles. The molecule has 0 atom stereocenters. The zero-order valence-corrected chi connectivity index (χ0v) is 34.5. The van der Waals surface area contributed by atoms with E-state index >= 15 is 0 Å². The molecule has 0 aliphatic rings. The maximum Gasteiger partial charge on any atom is 0.145 e. The van der Waals surface area contributed by atoms with Crippen molar-refractivity contribution in [3.8, 4) is 17.1 Å². The molecule has 0 N–H and O–H groups in total. The van der Waals surface area contributed by atoms with E-state index in [1.807, 2.05) is 54.6 Å². The van der Waals surface area contributed by atoms with Gasteiger partial charge in [-0.05, 0) is 109 Å². The van der Waals surface area contributed by atoms with Gasteiger partial charge in [0.1, 0.15) is 5.82 Å². The molecule has 7 aromatic carbocycles. The molecular weight excluding hydrogens is 701 g/mol. The zero-order valence-electron chi connectivity index (χ0n) is 34.5. The topological polar surface area (TPSA) is 24.3 Å². The lowest BCUT2D eigenvalue weighted by Gasteiger charge is -2.27. The summed E-state index contributed by atoms with van der Waals surface area (Å²) in [6, 6.07) is 60.0. The van der Waals surface area contributed by atoms with Crippen molar-refractivity contribution in [1.29, 1.82) is 0 Å². The van der Waals surface area contributed by atoms with Crippen LogP contribution in [0.5, 0.6) is 0 Å². The summed E-state index contributed by atoms with van der Waals surface area (Å²) >= 11 is 0. The summed E-state index contributed by atoms with van der Waals surface area (Å²) < 4.78 is 18.5. The van der Waals surface area contributed by atoms with Crippen molar-refractivity contribution in [2.24, 2.45) is 0 Å². The molecule has 0 fully saturated rings. The first-order valence-electron chi connectivity index (χ1n) is 20.0. The summed E-state index contributed by atoms with van der Waals surface area (Å²) in [5, 5.41) is 2.84. The highest BCUT2D eigenvalue weighted by molar-refractivity contribution is 6.89. The van der Waals surface area contributed by atoms with E-state index in [0.717, 1.165) is 62.2 Å². The van der Waals surface area contributed by atoms with Crippen LogP contribution in [0.25, 0.3) is 28.1 Å². The largest absolute Gasteiger partial charge is 0.311 e. The molecule has 8 aromatic rings. The Morgan fingerprint density at radius 1 is 0.436 bits per heavy atom. The summed E-state index contributed by atoms with van der Waals surface area (Å²) in [5.74, 6) is 0.866. The SMILES string of the molecule is [2H]c1ccc(N(c2ccc(-c3nc4ccccc4n3-c3ccc(N(c4ccc([2H])cc4)c4ccc([Si](C)(C)C)cc4)cc3)cc2)c2ccc([Si](C)(C)C)cc2)cc1. The van der Waals surface area contributed by atoms with Crippen LogP contribution < -0.4 is 20.2 Å². The fraction of sp³-hybridized carbons (Fsp3) is 0.122. The quantitative estimate of drug-likeness (QED) is 0.130. The molecule has 1 heterocycles. The van der Waals surface area contributed by atoms with E-state index < -0.39 is 16.1 Å². The number of aromatic nitrogens is 2. The number of anilines is 6. The van der Waals surface area contributed by atoms with E-state index in [1.54, 1.807) is 0 Å². The van der Waals surface area contributed by atoms with Crippen molar-refractivity contribution in [2.75, 3.05) is 9.80 Å². The Morgan fingerprint density at radius 3 is 1.25 bits per heavy atom. The van der Waals surface area contributed by atoms with Gasteiger partial charge in [0.05, 0.1) is 29.9 Å². The number of benzene rings is 7. The third kappa shape index (κ3) is 7.44. The summed E-state index contributed by atoms with van der Waals surface area (Å²) in [4.78, 5) is 9.69. The third-order valence-corrected chi connectivity index (χ3v) is 14.3. The van der Waals surface area contributed by atoms with Gasteiger partial charge in [-0.25, -0.2) is 4.98 Å². The van der Waals surface area contributed by atoms with E-state index in [9.17, 15) is 0 Å². The van der Waals surface area contributed by atoms with Gasteiger partial charge < -0.3 is 9.80 Å². The maximum atomic E-state index is 8.12. The van der Waals surface area contributed by atoms with Crippen LogP contribution in [0.2, 0.25) is 39.3 Å². The van der Waals surface area contributed by atoms with Gasteiger partial charge in [0.15, 0.2) is 0 Å². The molecule has 6 heteroatoms. The number of para-hydroxylation sites is 4. The predicted octanol–water partition coefficient (Wildman–Crippen LogP) is 12.7. The molecule has 272 valence electrons. The van der Waals surface area contributed by atoms with Gasteiger partial charge >= 0.3 is 0 Å². The highest BCUT2D eigenvalue weighted by Gasteiger charge is 2.21. The molecule has 4 nitrogen and oxygen atoms in total. The summed E-state index contributed by atoms with van der Waals surface area (Å²) in [6.45, 7) is 14.2. The molecule has 0 aliphatic heterocycles. The minimum Gasteiger partial charge on any atom is -0.311 e. The lowest BCUT2D eigenvalue weighted by molar-refractivity contribution is 1.10. The van der Waals surface area contributed by atoms with Crippen molar-refractivity contribution in [3.63, 3.8) is 0 Å². The van der Waals surface area contributed by atoms with Crippen molar-refractivity contribution in [2.45, 2.75) is 39.3 Å². The summed E-state index contributed by atoms with van der Waals surface area (Å²) in [7, 11) is -2.92. The fourth-order valence-corrected chi connectivity index (χ4v) is 9.49. The number of fused-ring (bicyclic) bond motifs is 1. The normalized spacial score (nSPS) is 12.3. The molecule has 0 saturated heterocycles. The van der Waals surface area contributed by atoms with E-state index in [1.165, 1.54) is 10.4 Å². The monoisotopic (exact) mass is 750 g/mol. The number of hydrogen-bond donors (Lipinski definition) is 0. The average Bonchev–Trinajstić information content (AvgIpc) is 3.60. The van der Waals surface area contributed by atoms with Gasteiger partial charge in [0.2, 0.25) is 0 Å². The van der Waals surface area contributed by atoms with Crippen LogP contribution in [0, 0.1) is 0 Å². The lowest BCUT2D eigenvalue weighted by atomic mass is 10.1. The zero-order chi connectivity index (χ0) is 39.9. The minimum atomic E-state index is -1.46. The molecule has 55 heavy (non-hydrogen) atoms.